The number of likely N-dealkylation sites (N-methyl/N-ethyl adjacent to an activating group) is 1. The highest BCUT2D eigenvalue weighted by molar-refractivity contribution is 7.46. The number of alkyl carbamates (subject to hydrolysis) is 2. The molecule has 4 amide bonds. The van der Waals surface area contributed by atoms with E-state index in [-0.39, 0.29) is 58.7 Å². The summed E-state index contributed by atoms with van der Waals surface area (Å²) in [5.41, 5.74) is 5.09. The van der Waals surface area contributed by atoms with Crippen molar-refractivity contribution in [1.82, 2.24) is 26.7 Å². The van der Waals surface area contributed by atoms with Crippen LogP contribution in [0.2, 0.25) is 0 Å². The molecule has 24 nitrogen and oxygen atoms in total. The Balaban J connectivity index is 0.000000653. The Kier molecular flexibility index (Phi) is 30.3. The number of carbonyl (C=O) groups excluding carboxylic acids is 5. The average Bonchev–Trinajstić information content (AvgIpc) is 3.27. The van der Waals surface area contributed by atoms with E-state index in [1.54, 1.807) is 50.2 Å². The van der Waals surface area contributed by atoms with E-state index >= 15 is 0 Å². The summed E-state index contributed by atoms with van der Waals surface area (Å²) in [4.78, 5) is 79.9. The van der Waals surface area contributed by atoms with E-state index in [4.69, 9.17) is 28.4 Å². The largest absolute Gasteiger partial charge is 0.756 e. The monoisotopic (exact) mass is 965 g/mol. The van der Waals surface area contributed by atoms with Crippen LogP contribution in [0.5, 0.6) is 11.5 Å². The zero-order chi connectivity index (χ0) is 48.5. The van der Waals surface area contributed by atoms with Gasteiger partial charge in [-0.1, -0.05) is 31.9 Å². The Morgan fingerprint density at radius 2 is 1.23 bits per heavy atom. The molecule has 26 heteroatoms. The standard InChI is InChI=1S/C20H31N2O11P.C19H32N3O8P/c1-14-9-16(10-15(2)19(14)33-18(24)13-30-12-17(23)21-3)11-31-20(25)22-5-6-29-7-8-32-34(26,27)28-4;1-3-12-20-19(24)29-17-10-8-16(9-11-17)15-28-18(23)21-13-6-4-5-7-14-22-30-31(25,26)27-2/h9-10H,5-8,11-13H2,1-4H3,(H,21,23)(H,22,25)(H,26,27);8-11,22H,3-7,12-15H2,1-2H3,(H,20,24)(H,21,23)(H,25,26)/p-2. The van der Waals surface area contributed by atoms with E-state index < -0.39 is 39.9 Å². The molecule has 368 valence electrons. The fourth-order valence-corrected chi connectivity index (χ4v) is 5.49. The number of aryl methyl sites for hydroxylation is 2. The highest BCUT2D eigenvalue weighted by atomic mass is 31.2. The number of benzene rings is 2. The summed E-state index contributed by atoms with van der Waals surface area (Å²) in [7, 11) is -5.04. The number of phosphoric acid groups is 2. The minimum absolute atomic E-state index is 0.00197. The molecule has 2 unspecified atom stereocenters. The molecule has 0 aromatic heterocycles. The summed E-state index contributed by atoms with van der Waals surface area (Å²) >= 11 is 0. The predicted molar refractivity (Wildman–Crippen MR) is 227 cm³/mol. The quantitative estimate of drug-likeness (QED) is 0.0247. The van der Waals surface area contributed by atoms with Crippen molar-refractivity contribution in [2.75, 3.05) is 80.5 Å². The van der Waals surface area contributed by atoms with Crippen LogP contribution in [-0.2, 0) is 69.1 Å². The average molecular weight is 966 g/mol. The number of hydroxylamine groups is 1. The second-order valence-electron chi connectivity index (χ2n) is 13.3. The molecular weight excluding hydrogens is 904 g/mol. The van der Waals surface area contributed by atoms with Gasteiger partial charge in [0.25, 0.3) is 15.6 Å². The molecule has 2 aromatic rings. The zero-order valence-corrected chi connectivity index (χ0v) is 39.2. The van der Waals surface area contributed by atoms with E-state index in [1.165, 1.54) is 7.05 Å². The molecule has 0 saturated carbocycles. The number of hydrogen-bond donors (Lipinski definition) is 5. The Bertz CT molecular complexity index is 1820. The number of nitrogens with one attached hydrogen (secondary N) is 5. The van der Waals surface area contributed by atoms with Crippen molar-refractivity contribution in [2.24, 2.45) is 0 Å². The molecule has 2 atom stereocenters. The first-order valence-corrected chi connectivity index (χ1v) is 23.2. The van der Waals surface area contributed by atoms with Gasteiger partial charge >= 0.3 is 24.2 Å². The molecule has 65 heavy (non-hydrogen) atoms. The Morgan fingerprint density at radius 3 is 1.83 bits per heavy atom. The van der Waals surface area contributed by atoms with E-state index in [2.05, 4.69) is 44.9 Å². The van der Waals surface area contributed by atoms with Gasteiger partial charge in [0, 0.05) is 47.4 Å². The van der Waals surface area contributed by atoms with E-state index in [0.29, 0.717) is 54.2 Å². The van der Waals surface area contributed by atoms with Gasteiger partial charge in [0.1, 0.15) is 37.9 Å². The normalized spacial score (nSPS) is 12.6. The molecule has 0 aliphatic carbocycles. The van der Waals surface area contributed by atoms with Gasteiger partial charge in [0.2, 0.25) is 5.91 Å². The van der Waals surface area contributed by atoms with Gasteiger partial charge in [-0.15, -0.1) is 0 Å². The minimum atomic E-state index is -4.27. The van der Waals surface area contributed by atoms with Crippen LogP contribution in [0.3, 0.4) is 0 Å². The number of rotatable bonds is 30. The fourth-order valence-electron chi connectivity index (χ4n) is 4.77. The summed E-state index contributed by atoms with van der Waals surface area (Å²) in [5, 5.41) is 10.1. The van der Waals surface area contributed by atoms with Crippen LogP contribution in [0, 0.1) is 13.8 Å². The Morgan fingerprint density at radius 1 is 0.646 bits per heavy atom. The lowest BCUT2D eigenvalue weighted by atomic mass is 10.1. The van der Waals surface area contributed by atoms with Crippen LogP contribution in [0.15, 0.2) is 36.4 Å². The van der Waals surface area contributed by atoms with Crippen LogP contribution in [0.25, 0.3) is 0 Å². The van der Waals surface area contributed by atoms with Crippen molar-refractivity contribution in [1.29, 1.82) is 0 Å². The number of unbranched alkanes of at least 4 members (excludes halogenated alkanes) is 3. The Labute approximate surface area is 378 Å². The van der Waals surface area contributed by atoms with Gasteiger partial charge < -0.3 is 73.0 Å². The summed E-state index contributed by atoms with van der Waals surface area (Å²) in [6, 6.07) is 10.1. The van der Waals surface area contributed by atoms with Crippen molar-refractivity contribution in [3.05, 3.63) is 58.7 Å². The third kappa shape index (κ3) is 29.4. The molecule has 0 aliphatic heterocycles. The van der Waals surface area contributed by atoms with E-state index in [9.17, 15) is 42.9 Å². The number of phosphoric ester groups is 2. The second kappa shape index (κ2) is 33.7. The van der Waals surface area contributed by atoms with Gasteiger partial charge in [-0.2, -0.15) is 5.48 Å². The maximum absolute atomic E-state index is 11.9. The predicted octanol–water partition coefficient (Wildman–Crippen LogP) is 2.95. The number of hydrogen-bond acceptors (Lipinski definition) is 20. The van der Waals surface area contributed by atoms with Crippen molar-refractivity contribution in [3.63, 3.8) is 0 Å². The second-order valence-corrected chi connectivity index (χ2v) is 16.2. The third-order valence-corrected chi connectivity index (χ3v) is 9.70. The Hall–Kier alpha value is -4.71. The van der Waals surface area contributed by atoms with Crippen LogP contribution in [0.4, 0.5) is 14.4 Å². The smallest absolute Gasteiger partial charge is 0.412 e. The number of amides is 4. The van der Waals surface area contributed by atoms with Gasteiger partial charge in [-0.25, -0.2) is 23.8 Å². The third-order valence-electron chi connectivity index (χ3n) is 7.95. The molecular formula is C39H61N5O19P2-2. The maximum Gasteiger partial charge on any atom is 0.412 e. The van der Waals surface area contributed by atoms with Crippen molar-refractivity contribution in [2.45, 2.75) is 66.1 Å². The summed E-state index contributed by atoms with van der Waals surface area (Å²) < 4.78 is 69.8. The highest BCUT2D eigenvalue weighted by Gasteiger charge is 2.14. The first-order valence-electron chi connectivity index (χ1n) is 20.3. The van der Waals surface area contributed by atoms with Crippen molar-refractivity contribution >= 4 is 45.8 Å². The van der Waals surface area contributed by atoms with E-state index in [0.717, 1.165) is 45.5 Å². The lowest BCUT2D eigenvalue weighted by Gasteiger charge is -2.19. The van der Waals surface area contributed by atoms with Crippen LogP contribution in [0.1, 0.15) is 61.3 Å². The topological polar surface area (TPSA) is 318 Å². The fraction of sp³-hybridized carbons (Fsp3) is 0.564. The number of esters is 1. The van der Waals surface area contributed by atoms with Gasteiger partial charge in [0.05, 0.1) is 19.8 Å². The summed E-state index contributed by atoms with van der Waals surface area (Å²) in [5.74, 6) is -0.231. The molecule has 0 fully saturated rings. The van der Waals surface area contributed by atoms with Crippen LogP contribution >= 0.6 is 15.6 Å². The molecule has 0 spiro atoms. The zero-order valence-electron chi connectivity index (χ0n) is 37.4. The molecule has 5 N–H and O–H groups in total. The minimum Gasteiger partial charge on any atom is -0.756 e. The van der Waals surface area contributed by atoms with Crippen LogP contribution in [-0.4, -0.2) is 111 Å². The number of ether oxygens (including phenoxy) is 6. The lowest BCUT2D eigenvalue weighted by molar-refractivity contribution is -0.229. The number of carbonyl (C=O) groups is 5. The molecule has 0 radical (unpaired) electrons. The summed E-state index contributed by atoms with van der Waals surface area (Å²) in [6.07, 6.45) is 2.32. The molecule has 2 rings (SSSR count). The summed E-state index contributed by atoms with van der Waals surface area (Å²) in [6.45, 7) is 6.36. The molecule has 0 bridgehead atoms. The van der Waals surface area contributed by atoms with Crippen molar-refractivity contribution < 1.29 is 89.5 Å². The van der Waals surface area contributed by atoms with Gasteiger partial charge in [-0.3, -0.25) is 13.9 Å². The first-order chi connectivity index (χ1) is 30.9. The van der Waals surface area contributed by atoms with Crippen LogP contribution < -0.4 is 46.0 Å². The van der Waals surface area contributed by atoms with Gasteiger partial charge in [0.15, 0.2) is 0 Å². The van der Waals surface area contributed by atoms with E-state index in [1.807, 2.05) is 6.92 Å². The highest BCUT2D eigenvalue weighted by Crippen LogP contribution is 2.36. The van der Waals surface area contributed by atoms with Crippen molar-refractivity contribution in [3.8, 4) is 11.5 Å². The molecule has 0 aliphatic rings. The van der Waals surface area contributed by atoms with Gasteiger partial charge in [-0.05, 0) is 79.6 Å². The maximum atomic E-state index is 11.9. The molecule has 2 aromatic carbocycles. The first kappa shape index (κ1) is 58.3. The molecule has 0 heterocycles. The lowest BCUT2D eigenvalue weighted by Crippen LogP contribution is -2.28. The molecule has 0 saturated heterocycles. The SMILES string of the molecule is CCCNC(=O)Oc1ccc(COC(=O)NCCCCCCNOP(=O)([O-])OC)cc1.CNC(=O)COCC(=O)Oc1c(C)cc(COC(=O)NCCOCCOP(=O)([O-])OC)cc1C.